The molecule has 0 saturated carbocycles. The summed E-state index contributed by atoms with van der Waals surface area (Å²) >= 11 is 0. The van der Waals surface area contributed by atoms with E-state index in [0.717, 1.165) is 13.1 Å². The number of methoxy groups -OCH3 is 1. The number of furan rings is 1. The predicted octanol–water partition coefficient (Wildman–Crippen LogP) is 3.00. The second kappa shape index (κ2) is 10.1. The Kier molecular flexibility index (Phi) is 6.63. The third-order valence-electron chi connectivity index (χ3n) is 6.59. The van der Waals surface area contributed by atoms with Crippen LogP contribution in [0.1, 0.15) is 29.0 Å². The van der Waals surface area contributed by atoms with Gasteiger partial charge in [-0.2, -0.15) is 0 Å². The maximum atomic E-state index is 12.9. The number of guanidine groups is 1. The number of amides is 1. The number of ether oxygens (including phenoxy) is 1. The van der Waals surface area contributed by atoms with Gasteiger partial charge in [0.05, 0.1) is 19.4 Å². The van der Waals surface area contributed by atoms with Gasteiger partial charge in [0.2, 0.25) is 11.9 Å². The van der Waals surface area contributed by atoms with Crippen LogP contribution in [0.25, 0.3) is 0 Å². The first-order chi connectivity index (χ1) is 17.2. The smallest absolute Gasteiger partial charge is 0.320 e. The molecule has 0 spiro atoms. The van der Waals surface area contributed by atoms with Gasteiger partial charge >= 0.3 is 5.97 Å². The zero-order valence-electron chi connectivity index (χ0n) is 19.5. The quantitative estimate of drug-likeness (QED) is 0.454. The second-order valence-electron chi connectivity index (χ2n) is 8.65. The Bertz CT molecular complexity index is 1130. The number of nitrogens with zero attached hydrogens (tertiary/aromatic N) is 3. The highest BCUT2D eigenvalue weighted by atomic mass is 16.5. The molecular formula is C27H28N4O4. The molecule has 1 saturated heterocycles. The second-order valence-corrected chi connectivity index (χ2v) is 8.65. The zero-order valence-corrected chi connectivity index (χ0v) is 19.5. The number of esters is 1. The summed E-state index contributed by atoms with van der Waals surface area (Å²) in [6, 6.07) is 23.8. The lowest BCUT2D eigenvalue weighted by atomic mass is 9.95. The summed E-state index contributed by atoms with van der Waals surface area (Å²) in [6.45, 7) is 2.94. The first-order valence-electron chi connectivity index (χ1n) is 11.7. The Labute approximate surface area is 204 Å². The molecule has 0 radical (unpaired) electrons. The van der Waals surface area contributed by atoms with E-state index in [-0.39, 0.29) is 6.04 Å². The molecule has 3 aromatic rings. The minimum Gasteiger partial charge on any atom is -0.468 e. The molecule has 0 unspecified atom stereocenters. The van der Waals surface area contributed by atoms with Crippen molar-refractivity contribution in [3.05, 3.63) is 95.9 Å². The maximum absolute atomic E-state index is 12.9. The molecule has 1 aromatic heterocycles. The first-order valence-corrected chi connectivity index (χ1v) is 11.7. The van der Waals surface area contributed by atoms with Crippen LogP contribution in [0, 0.1) is 5.92 Å². The number of carbonyl (C=O) groups is 2. The average Bonchev–Trinajstić information content (AvgIpc) is 3.45. The lowest BCUT2D eigenvalue weighted by Gasteiger charge is -2.41. The molecule has 8 heteroatoms. The van der Waals surface area contributed by atoms with Crippen LogP contribution in [0.4, 0.5) is 0 Å². The molecule has 35 heavy (non-hydrogen) atoms. The lowest BCUT2D eigenvalue weighted by molar-refractivity contribution is -0.151. The van der Waals surface area contributed by atoms with E-state index >= 15 is 0 Å². The van der Waals surface area contributed by atoms with Gasteiger partial charge in [-0.05, 0) is 23.3 Å². The van der Waals surface area contributed by atoms with Gasteiger partial charge in [-0.3, -0.25) is 19.8 Å². The van der Waals surface area contributed by atoms with E-state index in [1.807, 2.05) is 12.1 Å². The standard InChI is InChI=1S/C27H28N4O4/c1-34-26(33)22-23(21-13-8-18-35-21)28-27(29-25(22)32)31-16-14-30(15-17-31)24(19-9-4-2-5-10-19)20-11-6-3-7-12-20/h2-13,18,22-24H,14-17H2,1H3,(H,28,29,32)/t22-,23-/m0/s1. The normalized spacial score (nSPS) is 20.9. The van der Waals surface area contributed by atoms with Crippen LogP contribution in [0.3, 0.4) is 0 Å². The molecule has 0 aliphatic carbocycles. The number of aliphatic imine (C=N–C) groups is 1. The summed E-state index contributed by atoms with van der Waals surface area (Å²) in [6.07, 6.45) is 1.51. The van der Waals surface area contributed by atoms with Crippen LogP contribution >= 0.6 is 0 Å². The lowest BCUT2D eigenvalue weighted by Crippen LogP contribution is -2.57. The highest BCUT2D eigenvalue weighted by Gasteiger charge is 2.43. The topological polar surface area (TPSA) is 87.4 Å². The van der Waals surface area contributed by atoms with Gasteiger partial charge in [-0.1, -0.05) is 60.7 Å². The Hall–Kier alpha value is -3.91. The number of hydrogen-bond donors (Lipinski definition) is 1. The number of carbonyl (C=O) groups excluding carboxylic acids is 2. The molecule has 3 heterocycles. The van der Waals surface area contributed by atoms with Crippen molar-refractivity contribution in [1.82, 2.24) is 15.1 Å². The number of hydrogen-bond acceptors (Lipinski definition) is 7. The molecule has 1 fully saturated rings. The summed E-state index contributed by atoms with van der Waals surface area (Å²) in [7, 11) is 1.27. The van der Waals surface area contributed by atoms with Gasteiger partial charge in [0.25, 0.3) is 0 Å². The number of piperazine rings is 1. The van der Waals surface area contributed by atoms with Crippen LogP contribution < -0.4 is 5.32 Å². The molecular weight excluding hydrogens is 444 g/mol. The van der Waals surface area contributed by atoms with Gasteiger partial charge in [-0.25, -0.2) is 4.99 Å². The van der Waals surface area contributed by atoms with E-state index in [0.29, 0.717) is 24.8 Å². The van der Waals surface area contributed by atoms with Gasteiger partial charge in [0.15, 0.2) is 5.92 Å². The Morgan fingerprint density at radius 1 is 0.971 bits per heavy atom. The molecule has 2 aromatic carbocycles. The molecule has 180 valence electrons. The van der Waals surface area contributed by atoms with E-state index < -0.39 is 23.8 Å². The largest absolute Gasteiger partial charge is 0.468 e. The van der Waals surface area contributed by atoms with Crippen LogP contribution in [0.15, 0.2) is 88.5 Å². The summed E-state index contributed by atoms with van der Waals surface area (Å²) in [4.78, 5) is 34.5. The first kappa shape index (κ1) is 22.9. The molecule has 1 N–H and O–H groups in total. The Morgan fingerprint density at radius 2 is 1.60 bits per heavy atom. The third kappa shape index (κ3) is 4.70. The third-order valence-corrected chi connectivity index (χ3v) is 6.59. The van der Waals surface area contributed by atoms with Crippen LogP contribution in [-0.2, 0) is 14.3 Å². The summed E-state index contributed by atoms with van der Waals surface area (Å²) in [5, 5.41) is 2.83. The highest BCUT2D eigenvalue weighted by Crippen LogP contribution is 2.32. The van der Waals surface area contributed by atoms with Gasteiger partial charge in [-0.15, -0.1) is 0 Å². The number of nitrogens with one attached hydrogen (secondary N) is 1. The van der Waals surface area contributed by atoms with Crippen LogP contribution in [0.5, 0.6) is 0 Å². The van der Waals surface area contributed by atoms with Crippen molar-refractivity contribution >= 4 is 17.8 Å². The monoisotopic (exact) mass is 472 g/mol. The van der Waals surface area contributed by atoms with Crippen molar-refractivity contribution in [1.29, 1.82) is 0 Å². The Morgan fingerprint density at radius 3 is 2.14 bits per heavy atom. The van der Waals surface area contributed by atoms with E-state index in [1.165, 1.54) is 24.5 Å². The van der Waals surface area contributed by atoms with Gasteiger partial charge < -0.3 is 14.1 Å². The molecule has 2 aliphatic rings. The highest BCUT2D eigenvalue weighted by molar-refractivity contribution is 6.08. The fraction of sp³-hybridized carbons (Fsp3) is 0.296. The van der Waals surface area contributed by atoms with Crippen molar-refractivity contribution in [3.63, 3.8) is 0 Å². The SMILES string of the molecule is COC(=O)[C@@H]1C(=O)NC(N2CCN(C(c3ccccc3)c3ccccc3)CC2)=N[C@H]1c1ccco1. The van der Waals surface area contributed by atoms with Crippen molar-refractivity contribution < 1.29 is 18.7 Å². The van der Waals surface area contributed by atoms with Crippen molar-refractivity contribution in [2.75, 3.05) is 33.3 Å². The fourth-order valence-electron chi connectivity index (χ4n) is 4.86. The van der Waals surface area contributed by atoms with Crippen molar-refractivity contribution in [3.8, 4) is 0 Å². The number of rotatable bonds is 5. The summed E-state index contributed by atoms with van der Waals surface area (Å²) < 4.78 is 10.4. The molecule has 0 bridgehead atoms. The fourth-order valence-corrected chi connectivity index (χ4v) is 4.86. The molecule has 2 atom stereocenters. The van der Waals surface area contributed by atoms with E-state index in [9.17, 15) is 9.59 Å². The van der Waals surface area contributed by atoms with Gasteiger partial charge in [0, 0.05) is 26.2 Å². The summed E-state index contributed by atoms with van der Waals surface area (Å²) in [5.41, 5.74) is 2.49. The predicted molar refractivity (Wildman–Crippen MR) is 130 cm³/mol. The van der Waals surface area contributed by atoms with Crippen LogP contribution in [0.2, 0.25) is 0 Å². The van der Waals surface area contributed by atoms with E-state index in [4.69, 9.17) is 14.1 Å². The molecule has 1 amide bonds. The molecule has 2 aliphatic heterocycles. The van der Waals surface area contributed by atoms with Crippen molar-refractivity contribution in [2.45, 2.75) is 12.1 Å². The minimum atomic E-state index is -1.09. The van der Waals surface area contributed by atoms with E-state index in [1.54, 1.807) is 12.1 Å². The molecule has 5 rings (SSSR count). The number of benzene rings is 2. The summed E-state index contributed by atoms with van der Waals surface area (Å²) in [5.74, 6) is -1.23. The average molecular weight is 473 g/mol. The van der Waals surface area contributed by atoms with Crippen molar-refractivity contribution in [2.24, 2.45) is 10.9 Å². The van der Waals surface area contributed by atoms with Gasteiger partial charge in [0.1, 0.15) is 11.8 Å². The minimum absolute atomic E-state index is 0.141. The zero-order chi connectivity index (χ0) is 24.2. The maximum Gasteiger partial charge on any atom is 0.320 e. The molecule has 8 nitrogen and oxygen atoms in total. The van der Waals surface area contributed by atoms with Crippen LogP contribution in [-0.4, -0.2) is 60.9 Å². The van der Waals surface area contributed by atoms with E-state index in [2.05, 4.69) is 63.6 Å². The Balaban J connectivity index is 1.36.